The maximum atomic E-state index is 11.0. The van der Waals surface area contributed by atoms with Crippen molar-refractivity contribution < 1.29 is 28.8 Å². The fourth-order valence-corrected chi connectivity index (χ4v) is 0.858. The van der Waals surface area contributed by atoms with Crippen molar-refractivity contribution in [3.8, 4) is 0 Å². The molecule has 0 spiro atoms. The molecule has 18 heavy (non-hydrogen) atoms. The number of hydroxylamine groups is 1. The van der Waals surface area contributed by atoms with E-state index in [0.717, 1.165) is 0 Å². The molecule has 0 saturated carbocycles. The van der Waals surface area contributed by atoms with Gasteiger partial charge in [-0.1, -0.05) is 0 Å². The lowest BCUT2D eigenvalue weighted by atomic mass is 10.3. The largest absolute Gasteiger partial charge is 0.355 e. The molecule has 0 aromatic heterocycles. The summed E-state index contributed by atoms with van der Waals surface area (Å²) in [4.78, 5) is 57.0. The first-order valence-corrected chi connectivity index (χ1v) is 5.22. The topological polar surface area (TPSA) is 119 Å². The number of hydrogen-bond donors (Lipinski definition) is 2. The second-order valence-electron chi connectivity index (χ2n) is 3.18. The van der Waals surface area contributed by atoms with Crippen LogP contribution in [0.5, 0.6) is 0 Å². The molecule has 0 aromatic carbocycles. The van der Waals surface area contributed by atoms with Crippen LogP contribution in [0.2, 0.25) is 0 Å². The summed E-state index contributed by atoms with van der Waals surface area (Å²) in [5.74, 6) is -1.81. The number of carbonyl (C=O) groups excluding carboxylic acids is 5. The highest BCUT2D eigenvalue weighted by Crippen LogP contribution is 1.87. The van der Waals surface area contributed by atoms with Crippen molar-refractivity contribution in [2.45, 2.75) is 25.7 Å². The highest BCUT2D eigenvalue weighted by Gasteiger charge is 2.07. The first kappa shape index (κ1) is 15.8. The zero-order valence-corrected chi connectivity index (χ0v) is 9.64. The fourth-order valence-electron chi connectivity index (χ4n) is 0.858. The minimum Gasteiger partial charge on any atom is -0.355 e. The van der Waals surface area contributed by atoms with Crippen molar-refractivity contribution in [2.75, 3.05) is 6.54 Å². The van der Waals surface area contributed by atoms with E-state index in [1.165, 1.54) is 0 Å². The Morgan fingerprint density at radius 1 is 1.00 bits per heavy atom. The van der Waals surface area contributed by atoms with Gasteiger partial charge in [0, 0.05) is 19.4 Å². The summed E-state index contributed by atoms with van der Waals surface area (Å²) >= 11 is 0. The van der Waals surface area contributed by atoms with E-state index in [0.29, 0.717) is 12.6 Å². The van der Waals surface area contributed by atoms with Gasteiger partial charge in [-0.15, -0.1) is 0 Å². The first-order chi connectivity index (χ1) is 8.60. The SMILES string of the molecule is O=CCCC(=O)NOC(=O)CCNC(=O)CC=O. The number of rotatable bonds is 8. The standard InChI is InChI=1S/C10H14N2O6/c13-6-1-2-9(16)12-18-10(17)3-5-11-8(15)4-7-14/h6-7H,1-5H2,(H,11,15)(H,12,16). The van der Waals surface area contributed by atoms with Crippen LogP contribution in [-0.4, -0.2) is 36.9 Å². The van der Waals surface area contributed by atoms with Crippen LogP contribution in [-0.2, 0) is 28.8 Å². The highest BCUT2D eigenvalue weighted by atomic mass is 16.7. The zero-order chi connectivity index (χ0) is 13.8. The molecule has 2 amide bonds. The minimum absolute atomic E-state index is 0.00964. The third-order valence-electron chi connectivity index (χ3n) is 1.69. The highest BCUT2D eigenvalue weighted by molar-refractivity contribution is 5.88. The molecule has 8 heteroatoms. The van der Waals surface area contributed by atoms with E-state index in [9.17, 15) is 24.0 Å². The van der Waals surface area contributed by atoms with E-state index in [1.54, 1.807) is 0 Å². The monoisotopic (exact) mass is 258 g/mol. The first-order valence-electron chi connectivity index (χ1n) is 5.22. The Balaban J connectivity index is 3.59. The Morgan fingerprint density at radius 3 is 2.33 bits per heavy atom. The summed E-state index contributed by atoms with van der Waals surface area (Å²) in [7, 11) is 0. The van der Waals surface area contributed by atoms with Crippen molar-refractivity contribution in [1.82, 2.24) is 10.8 Å². The number of aldehydes is 2. The number of carbonyl (C=O) groups is 5. The molecule has 0 rings (SSSR count). The van der Waals surface area contributed by atoms with Crippen LogP contribution < -0.4 is 10.8 Å². The Kier molecular flexibility index (Phi) is 8.70. The Hall–Kier alpha value is -2.25. The van der Waals surface area contributed by atoms with E-state index in [-0.39, 0.29) is 32.2 Å². The normalized spacial score (nSPS) is 9.11. The lowest BCUT2D eigenvalue weighted by Crippen LogP contribution is -2.30. The molecule has 0 atom stereocenters. The summed E-state index contributed by atoms with van der Waals surface area (Å²) in [5.41, 5.74) is 1.86. The summed E-state index contributed by atoms with van der Waals surface area (Å²) in [6.45, 7) is 0.00964. The summed E-state index contributed by atoms with van der Waals surface area (Å²) in [6, 6.07) is 0. The van der Waals surface area contributed by atoms with Gasteiger partial charge in [0.2, 0.25) is 5.91 Å². The molecule has 0 radical (unpaired) electrons. The van der Waals surface area contributed by atoms with E-state index in [2.05, 4.69) is 10.2 Å². The number of amides is 2. The molecule has 0 aliphatic heterocycles. The van der Waals surface area contributed by atoms with Crippen LogP contribution in [0, 0.1) is 0 Å². The second-order valence-corrected chi connectivity index (χ2v) is 3.18. The average molecular weight is 258 g/mol. The van der Waals surface area contributed by atoms with Gasteiger partial charge in [-0.05, 0) is 0 Å². The fraction of sp³-hybridized carbons (Fsp3) is 0.500. The molecule has 0 bridgehead atoms. The Bertz CT molecular complexity index is 328. The zero-order valence-electron chi connectivity index (χ0n) is 9.64. The van der Waals surface area contributed by atoms with Crippen molar-refractivity contribution in [3.05, 3.63) is 0 Å². The van der Waals surface area contributed by atoms with Crippen molar-refractivity contribution in [2.24, 2.45) is 0 Å². The summed E-state index contributed by atoms with van der Waals surface area (Å²) < 4.78 is 0. The molecule has 0 unspecified atom stereocenters. The van der Waals surface area contributed by atoms with Crippen molar-refractivity contribution in [3.63, 3.8) is 0 Å². The Morgan fingerprint density at radius 2 is 1.72 bits per heavy atom. The van der Waals surface area contributed by atoms with Crippen molar-refractivity contribution in [1.29, 1.82) is 0 Å². The van der Waals surface area contributed by atoms with Gasteiger partial charge in [0.25, 0.3) is 5.91 Å². The van der Waals surface area contributed by atoms with Gasteiger partial charge in [-0.2, -0.15) is 5.48 Å². The molecule has 0 saturated heterocycles. The van der Waals surface area contributed by atoms with Gasteiger partial charge in [0.15, 0.2) is 0 Å². The predicted octanol–water partition coefficient (Wildman–Crippen LogP) is -1.36. The van der Waals surface area contributed by atoms with E-state index >= 15 is 0 Å². The molecule has 0 aromatic rings. The van der Waals surface area contributed by atoms with Gasteiger partial charge in [-0.3, -0.25) is 9.59 Å². The van der Waals surface area contributed by atoms with Crippen LogP contribution in [0.25, 0.3) is 0 Å². The maximum Gasteiger partial charge on any atom is 0.334 e. The molecular weight excluding hydrogens is 244 g/mol. The number of nitrogens with one attached hydrogen (secondary N) is 2. The van der Waals surface area contributed by atoms with E-state index in [1.807, 2.05) is 5.48 Å². The molecule has 0 heterocycles. The van der Waals surface area contributed by atoms with E-state index < -0.39 is 17.8 Å². The summed E-state index contributed by atoms with van der Waals surface area (Å²) in [5, 5.41) is 2.31. The quantitative estimate of drug-likeness (QED) is 0.315. The van der Waals surface area contributed by atoms with Gasteiger partial charge in [-0.25, -0.2) is 4.79 Å². The smallest absolute Gasteiger partial charge is 0.334 e. The van der Waals surface area contributed by atoms with Gasteiger partial charge in [0.05, 0.1) is 12.8 Å². The lowest BCUT2D eigenvalue weighted by molar-refractivity contribution is -0.158. The number of hydrogen-bond acceptors (Lipinski definition) is 6. The van der Waals surface area contributed by atoms with Crippen LogP contribution >= 0.6 is 0 Å². The van der Waals surface area contributed by atoms with Gasteiger partial charge < -0.3 is 19.7 Å². The molecule has 0 aliphatic rings. The van der Waals surface area contributed by atoms with Crippen LogP contribution in [0.3, 0.4) is 0 Å². The maximum absolute atomic E-state index is 11.0. The van der Waals surface area contributed by atoms with Gasteiger partial charge in [0.1, 0.15) is 12.6 Å². The predicted molar refractivity (Wildman–Crippen MR) is 57.8 cm³/mol. The molecule has 0 fully saturated rings. The van der Waals surface area contributed by atoms with Crippen LogP contribution in [0.1, 0.15) is 25.7 Å². The van der Waals surface area contributed by atoms with Gasteiger partial charge >= 0.3 is 5.97 Å². The third-order valence-corrected chi connectivity index (χ3v) is 1.69. The minimum atomic E-state index is -0.735. The van der Waals surface area contributed by atoms with E-state index in [4.69, 9.17) is 0 Å². The lowest BCUT2D eigenvalue weighted by Gasteiger charge is -2.05. The van der Waals surface area contributed by atoms with Crippen molar-refractivity contribution >= 4 is 30.4 Å². The molecule has 100 valence electrons. The Labute approximate surface area is 103 Å². The second kappa shape index (κ2) is 9.94. The summed E-state index contributed by atoms with van der Waals surface area (Å²) in [6.07, 6.45) is 0.596. The average Bonchev–Trinajstić information content (AvgIpc) is 2.34. The van der Waals surface area contributed by atoms with Crippen LogP contribution in [0.15, 0.2) is 0 Å². The molecule has 0 aliphatic carbocycles. The van der Waals surface area contributed by atoms with Crippen LogP contribution in [0.4, 0.5) is 0 Å². The third kappa shape index (κ3) is 9.01. The molecule has 8 nitrogen and oxygen atoms in total. The molecular formula is C10H14N2O6. The molecule has 2 N–H and O–H groups in total.